The summed E-state index contributed by atoms with van der Waals surface area (Å²) in [7, 11) is 0. The summed E-state index contributed by atoms with van der Waals surface area (Å²) < 4.78 is 0. The molecule has 0 aliphatic heterocycles. The Labute approximate surface area is 182 Å². The van der Waals surface area contributed by atoms with Gasteiger partial charge in [0.1, 0.15) is 5.69 Å². The Kier molecular flexibility index (Phi) is 9.40. The van der Waals surface area contributed by atoms with Crippen molar-refractivity contribution in [1.82, 2.24) is 10.3 Å². The number of nitrogens with zero attached hydrogens (tertiary/aromatic N) is 1. The molecule has 0 unspecified atom stereocenters. The van der Waals surface area contributed by atoms with E-state index in [1.807, 2.05) is 12.3 Å². The summed E-state index contributed by atoms with van der Waals surface area (Å²) in [6, 6.07) is 12.9. The Morgan fingerprint density at radius 3 is 2.33 bits per heavy atom. The molecule has 0 atom stereocenters. The van der Waals surface area contributed by atoms with Gasteiger partial charge in [0.25, 0.3) is 5.91 Å². The molecule has 30 heavy (non-hydrogen) atoms. The summed E-state index contributed by atoms with van der Waals surface area (Å²) in [6.45, 7) is 3.00. The fourth-order valence-corrected chi connectivity index (χ4v) is 4.44. The maximum atomic E-state index is 12.4. The summed E-state index contributed by atoms with van der Waals surface area (Å²) in [5.74, 6) is 0.603. The fraction of sp³-hybridized carbons (Fsp3) is 0.556. The number of carbonyl (C=O) groups excluding carboxylic acids is 1. The SMILES string of the molecule is CCc1cccc(CCCCc2ccc(C(=O)NCC3CCCCCCC3)nc2)c1. The van der Waals surface area contributed by atoms with Crippen molar-refractivity contribution in [2.24, 2.45) is 5.92 Å². The van der Waals surface area contributed by atoms with Crippen LogP contribution in [0.3, 0.4) is 0 Å². The van der Waals surface area contributed by atoms with Crippen molar-refractivity contribution in [2.45, 2.75) is 84.0 Å². The zero-order chi connectivity index (χ0) is 21.0. The molecule has 1 heterocycles. The minimum absolute atomic E-state index is 0.0283. The first-order chi connectivity index (χ1) is 14.7. The van der Waals surface area contributed by atoms with Gasteiger partial charge in [0, 0.05) is 12.7 Å². The third kappa shape index (κ3) is 7.59. The lowest BCUT2D eigenvalue weighted by molar-refractivity contribution is 0.0939. The zero-order valence-corrected chi connectivity index (χ0v) is 18.7. The summed E-state index contributed by atoms with van der Waals surface area (Å²) in [5, 5.41) is 3.11. The zero-order valence-electron chi connectivity index (χ0n) is 18.7. The molecule has 0 spiro atoms. The third-order valence-corrected chi connectivity index (χ3v) is 6.41. The molecule has 162 valence electrons. The highest BCUT2D eigenvalue weighted by molar-refractivity contribution is 5.92. The number of nitrogens with one attached hydrogen (secondary N) is 1. The lowest BCUT2D eigenvalue weighted by atomic mass is 9.91. The molecule has 3 heteroatoms. The molecule has 3 nitrogen and oxygen atoms in total. The average molecular weight is 407 g/mol. The largest absolute Gasteiger partial charge is 0.350 e. The normalized spacial score (nSPS) is 15.4. The van der Waals surface area contributed by atoms with Gasteiger partial charge in [0.15, 0.2) is 0 Å². The number of amides is 1. The predicted octanol–water partition coefficient (Wildman–Crippen LogP) is 6.30. The lowest BCUT2D eigenvalue weighted by Crippen LogP contribution is -2.30. The van der Waals surface area contributed by atoms with Crippen LogP contribution >= 0.6 is 0 Å². The Hall–Kier alpha value is -2.16. The van der Waals surface area contributed by atoms with Crippen LogP contribution in [0.25, 0.3) is 0 Å². The van der Waals surface area contributed by atoms with Crippen LogP contribution in [0.15, 0.2) is 42.6 Å². The maximum absolute atomic E-state index is 12.4. The van der Waals surface area contributed by atoms with E-state index < -0.39 is 0 Å². The molecular formula is C27H38N2O. The van der Waals surface area contributed by atoms with Crippen LogP contribution in [-0.2, 0) is 19.3 Å². The van der Waals surface area contributed by atoms with Gasteiger partial charge in [-0.1, -0.05) is 69.4 Å². The van der Waals surface area contributed by atoms with Crippen molar-refractivity contribution in [3.63, 3.8) is 0 Å². The van der Waals surface area contributed by atoms with Gasteiger partial charge in [-0.15, -0.1) is 0 Å². The van der Waals surface area contributed by atoms with E-state index in [9.17, 15) is 4.79 Å². The molecule has 2 aromatic rings. The molecular weight excluding hydrogens is 368 g/mol. The Balaban J connectivity index is 1.37. The third-order valence-electron chi connectivity index (χ3n) is 6.41. The second-order valence-corrected chi connectivity index (χ2v) is 8.85. The molecule has 1 fully saturated rings. The van der Waals surface area contributed by atoms with Crippen LogP contribution in [-0.4, -0.2) is 17.4 Å². The summed E-state index contributed by atoms with van der Waals surface area (Å²) in [6.07, 6.45) is 16.6. The first-order valence-corrected chi connectivity index (χ1v) is 12.1. The molecule has 0 saturated heterocycles. The molecule has 1 aliphatic rings. The van der Waals surface area contributed by atoms with Gasteiger partial charge < -0.3 is 5.32 Å². The van der Waals surface area contributed by atoms with Gasteiger partial charge >= 0.3 is 0 Å². The van der Waals surface area contributed by atoms with Gasteiger partial charge in [-0.25, -0.2) is 0 Å². The molecule has 0 radical (unpaired) electrons. The molecule has 1 saturated carbocycles. The summed E-state index contributed by atoms with van der Waals surface area (Å²) in [5.41, 5.74) is 4.61. The van der Waals surface area contributed by atoms with E-state index in [2.05, 4.69) is 47.6 Å². The van der Waals surface area contributed by atoms with Crippen molar-refractivity contribution >= 4 is 5.91 Å². The summed E-state index contributed by atoms with van der Waals surface area (Å²) >= 11 is 0. The highest BCUT2D eigenvalue weighted by Gasteiger charge is 2.14. The van der Waals surface area contributed by atoms with Gasteiger partial charge in [0.05, 0.1) is 0 Å². The van der Waals surface area contributed by atoms with E-state index in [1.54, 1.807) is 0 Å². The monoisotopic (exact) mass is 406 g/mol. The number of hydrogen-bond donors (Lipinski definition) is 1. The number of rotatable bonds is 9. The quantitative estimate of drug-likeness (QED) is 0.497. The highest BCUT2D eigenvalue weighted by Crippen LogP contribution is 2.21. The van der Waals surface area contributed by atoms with Crippen LogP contribution in [0, 0.1) is 5.92 Å². The minimum Gasteiger partial charge on any atom is -0.350 e. The number of unbranched alkanes of at least 4 members (excludes halogenated alkanes) is 1. The van der Waals surface area contributed by atoms with Crippen molar-refractivity contribution < 1.29 is 4.79 Å². The number of benzene rings is 1. The van der Waals surface area contributed by atoms with Crippen molar-refractivity contribution in [2.75, 3.05) is 6.54 Å². The Morgan fingerprint density at radius 2 is 1.63 bits per heavy atom. The van der Waals surface area contributed by atoms with E-state index >= 15 is 0 Å². The molecule has 3 rings (SSSR count). The number of aromatic nitrogens is 1. The van der Waals surface area contributed by atoms with E-state index in [1.165, 1.54) is 68.1 Å². The van der Waals surface area contributed by atoms with Crippen molar-refractivity contribution in [3.05, 3.63) is 65.0 Å². The summed E-state index contributed by atoms with van der Waals surface area (Å²) in [4.78, 5) is 16.9. The number of hydrogen-bond acceptors (Lipinski definition) is 2. The molecule has 1 N–H and O–H groups in total. The van der Waals surface area contributed by atoms with Crippen LogP contribution < -0.4 is 5.32 Å². The minimum atomic E-state index is -0.0283. The van der Waals surface area contributed by atoms with E-state index in [0.29, 0.717) is 11.6 Å². The van der Waals surface area contributed by atoms with Crippen LogP contribution in [0.4, 0.5) is 0 Å². The average Bonchev–Trinajstić information content (AvgIpc) is 2.76. The fourth-order valence-electron chi connectivity index (χ4n) is 4.44. The number of pyridine rings is 1. The number of aryl methyl sites for hydroxylation is 3. The molecule has 0 bridgehead atoms. The first kappa shape index (κ1) is 22.5. The van der Waals surface area contributed by atoms with Crippen LogP contribution in [0.1, 0.15) is 91.9 Å². The Bertz CT molecular complexity index is 761. The molecule has 1 aromatic carbocycles. The smallest absolute Gasteiger partial charge is 0.269 e. The second kappa shape index (κ2) is 12.5. The van der Waals surface area contributed by atoms with Gasteiger partial charge in [-0.05, 0) is 73.6 Å². The van der Waals surface area contributed by atoms with Gasteiger partial charge in [-0.3, -0.25) is 9.78 Å². The Morgan fingerprint density at radius 1 is 0.933 bits per heavy atom. The van der Waals surface area contributed by atoms with Gasteiger partial charge in [0.2, 0.25) is 0 Å². The standard InChI is InChI=1S/C27H38N2O/c1-2-22-15-10-16-23(19-22)11-8-9-14-25-17-18-26(28-20-25)27(30)29-21-24-12-6-4-3-5-7-13-24/h10,15-20,24H,2-9,11-14,21H2,1H3,(H,29,30). The van der Waals surface area contributed by atoms with Crippen LogP contribution in [0.5, 0.6) is 0 Å². The maximum Gasteiger partial charge on any atom is 0.269 e. The van der Waals surface area contributed by atoms with E-state index in [4.69, 9.17) is 0 Å². The van der Waals surface area contributed by atoms with Crippen molar-refractivity contribution in [1.29, 1.82) is 0 Å². The second-order valence-electron chi connectivity index (χ2n) is 8.85. The molecule has 1 aromatic heterocycles. The van der Waals surface area contributed by atoms with Crippen molar-refractivity contribution in [3.8, 4) is 0 Å². The topological polar surface area (TPSA) is 42.0 Å². The highest BCUT2D eigenvalue weighted by atomic mass is 16.1. The molecule has 1 amide bonds. The lowest BCUT2D eigenvalue weighted by Gasteiger charge is -2.19. The van der Waals surface area contributed by atoms with Crippen LogP contribution in [0.2, 0.25) is 0 Å². The van der Waals surface area contributed by atoms with Gasteiger partial charge in [-0.2, -0.15) is 0 Å². The van der Waals surface area contributed by atoms with E-state index in [0.717, 1.165) is 32.2 Å². The van der Waals surface area contributed by atoms with E-state index in [-0.39, 0.29) is 5.91 Å². The number of carbonyl (C=O) groups is 1. The predicted molar refractivity (Wildman–Crippen MR) is 125 cm³/mol. The molecule has 1 aliphatic carbocycles. The first-order valence-electron chi connectivity index (χ1n) is 12.1.